The Morgan fingerprint density at radius 3 is 2.53 bits per heavy atom. The molecule has 0 fully saturated rings. The van der Waals surface area contributed by atoms with Gasteiger partial charge in [-0.05, 0) is 17.7 Å². The Bertz CT molecular complexity index is 547. The maximum Gasteiger partial charge on any atom is 0.453 e. The maximum absolute atomic E-state index is 12.9. The molecule has 0 saturated carbocycles. The highest BCUT2D eigenvalue weighted by Crippen LogP contribution is 2.40. The number of nitrogens with zero attached hydrogens (tertiary/aromatic N) is 1. The van der Waals surface area contributed by atoms with Gasteiger partial charge in [0.15, 0.2) is 5.82 Å². The van der Waals surface area contributed by atoms with E-state index in [1.54, 1.807) is 0 Å². The van der Waals surface area contributed by atoms with Crippen molar-refractivity contribution >= 4 is 5.82 Å². The predicted molar refractivity (Wildman–Crippen MR) is 51.3 cm³/mol. The minimum atomic E-state index is -4.73. The number of hydrogen-bond acceptors (Lipinski definition) is 3. The van der Waals surface area contributed by atoms with Crippen LogP contribution in [0.4, 0.5) is 23.4 Å². The predicted octanol–water partition coefficient (Wildman–Crippen LogP) is 3.08. The molecule has 90 valence electrons. The maximum atomic E-state index is 12.9. The minimum absolute atomic E-state index is 0.0314. The Morgan fingerprint density at radius 1 is 1.24 bits per heavy atom. The van der Waals surface area contributed by atoms with Crippen LogP contribution in [0.1, 0.15) is 5.76 Å². The van der Waals surface area contributed by atoms with Crippen LogP contribution in [0.15, 0.2) is 28.8 Å². The van der Waals surface area contributed by atoms with Crippen molar-refractivity contribution in [3.8, 4) is 11.1 Å². The summed E-state index contributed by atoms with van der Waals surface area (Å²) in [6.45, 7) is 0. The van der Waals surface area contributed by atoms with E-state index in [9.17, 15) is 17.6 Å². The lowest BCUT2D eigenvalue weighted by atomic mass is 10.1. The molecule has 17 heavy (non-hydrogen) atoms. The average molecular weight is 246 g/mol. The Balaban J connectivity index is 2.63. The van der Waals surface area contributed by atoms with Crippen molar-refractivity contribution in [2.24, 2.45) is 0 Å². The van der Waals surface area contributed by atoms with Crippen LogP contribution in [0.2, 0.25) is 0 Å². The fourth-order valence-electron chi connectivity index (χ4n) is 1.42. The van der Waals surface area contributed by atoms with E-state index >= 15 is 0 Å². The van der Waals surface area contributed by atoms with Gasteiger partial charge in [-0.1, -0.05) is 17.3 Å². The van der Waals surface area contributed by atoms with Gasteiger partial charge in [0.2, 0.25) is 5.76 Å². The molecule has 0 aliphatic heterocycles. The second kappa shape index (κ2) is 3.76. The third kappa shape index (κ3) is 2.08. The summed E-state index contributed by atoms with van der Waals surface area (Å²) in [6.07, 6.45) is -4.73. The monoisotopic (exact) mass is 246 g/mol. The molecule has 7 heteroatoms. The third-order valence-electron chi connectivity index (χ3n) is 2.09. The molecule has 0 amide bonds. The SMILES string of the molecule is Nc1noc(C(F)(F)F)c1-c1cccc(F)c1. The molecule has 0 aliphatic carbocycles. The summed E-state index contributed by atoms with van der Waals surface area (Å²) < 4.78 is 54.8. The number of benzene rings is 1. The van der Waals surface area contributed by atoms with Crippen molar-refractivity contribution in [1.29, 1.82) is 0 Å². The average Bonchev–Trinajstić information content (AvgIpc) is 2.59. The van der Waals surface area contributed by atoms with Gasteiger partial charge in [-0.15, -0.1) is 0 Å². The summed E-state index contributed by atoms with van der Waals surface area (Å²) in [5, 5.41) is 3.05. The highest BCUT2D eigenvalue weighted by molar-refractivity contribution is 5.75. The zero-order valence-corrected chi connectivity index (χ0v) is 8.25. The van der Waals surface area contributed by atoms with Crippen LogP contribution in [0.3, 0.4) is 0 Å². The fourth-order valence-corrected chi connectivity index (χ4v) is 1.42. The van der Waals surface area contributed by atoms with Gasteiger partial charge in [-0.25, -0.2) is 4.39 Å². The first kappa shape index (κ1) is 11.4. The molecule has 0 radical (unpaired) electrons. The molecule has 0 aliphatic rings. The number of nitrogen functional groups attached to an aromatic ring is 1. The van der Waals surface area contributed by atoms with Gasteiger partial charge < -0.3 is 10.3 Å². The molecule has 1 aromatic carbocycles. The van der Waals surface area contributed by atoms with Gasteiger partial charge in [-0.2, -0.15) is 13.2 Å². The minimum Gasteiger partial charge on any atom is -0.380 e. The number of hydrogen-bond donors (Lipinski definition) is 1. The lowest BCUT2D eigenvalue weighted by Gasteiger charge is -2.05. The first-order valence-electron chi connectivity index (χ1n) is 4.48. The molecule has 2 rings (SSSR count). The normalized spacial score (nSPS) is 11.8. The largest absolute Gasteiger partial charge is 0.453 e. The van der Waals surface area contributed by atoms with Crippen molar-refractivity contribution in [3.05, 3.63) is 35.8 Å². The van der Waals surface area contributed by atoms with Gasteiger partial charge in [-0.3, -0.25) is 0 Å². The summed E-state index contributed by atoms with van der Waals surface area (Å²) in [4.78, 5) is 0. The standard InChI is InChI=1S/C10H6F4N2O/c11-6-3-1-2-5(4-6)7-8(10(12,13)14)17-16-9(7)15/h1-4H,(H2,15,16). The number of halogens is 4. The van der Waals surface area contributed by atoms with Crippen LogP contribution in [-0.4, -0.2) is 5.16 Å². The van der Waals surface area contributed by atoms with Crippen LogP contribution in [0.25, 0.3) is 11.1 Å². The zero-order chi connectivity index (χ0) is 12.6. The van der Waals surface area contributed by atoms with Crippen molar-refractivity contribution in [2.75, 3.05) is 5.73 Å². The second-order valence-corrected chi connectivity index (χ2v) is 3.28. The number of alkyl halides is 3. The highest BCUT2D eigenvalue weighted by atomic mass is 19.4. The summed E-state index contributed by atoms with van der Waals surface area (Å²) in [5.41, 5.74) is 4.81. The first-order valence-corrected chi connectivity index (χ1v) is 4.48. The Labute approximate surface area is 92.8 Å². The molecule has 0 atom stereocenters. The van der Waals surface area contributed by atoms with E-state index in [1.807, 2.05) is 0 Å². The Morgan fingerprint density at radius 2 is 1.94 bits per heavy atom. The zero-order valence-electron chi connectivity index (χ0n) is 8.25. The van der Waals surface area contributed by atoms with Crippen LogP contribution in [0.5, 0.6) is 0 Å². The molecule has 1 heterocycles. The number of aromatic nitrogens is 1. The molecule has 0 spiro atoms. The number of anilines is 1. The van der Waals surface area contributed by atoms with Crippen LogP contribution in [-0.2, 0) is 6.18 Å². The van der Waals surface area contributed by atoms with E-state index in [1.165, 1.54) is 12.1 Å². The van der Waals surface area contributed by atoms with E-state index in [0.29, 0.717) is 0 Å². The van der Waals surface area contributed by atoms with E-state index < -0.39 is 29.1 Å². The van der Waals surface area contributed by atoms with Crippen molar-refractivity contribution in [1.82, 2.24) is 5.16 Å². The lowest BCUT2D eigenvalue weighted by molar-refractivity contribution is -0.154. The van der Waals surface area contributed by atoms with Gasteiger partial charge in [0.05, 0.1) is 5.56 Å². The van der Waals surface area contributed by atoms with E-state index in [-0.39, 0.29) is 5.56 Å². The summed E-state index contributed by atoms with van der Waals surface area (Å²) in [5.74, 6) is -2.43. The highest BCUT2D eigenvalue weighted by Gasteiger charge is 2.40. The molecule has 0 bridgehead atoms. The topological polar surface area (TPSA) is 52.0 Å². The van der Waals surface area contributed by atoms with Crippen molar-refractivity contribution in [3.63, 3.8) is 0 Å². The third-order valence-corrected chi connectivity index (χ3v) is 2.09. The summed E-state index contributed by atoms with van der Waals surface area (Å²) in [7, 11) is 0. The molecule has 2 N–H and O–H groups in total. The van der Waals surface area contributed by atoms with Crippen LogP contribution >= 0.6 is 0 Å². The van der Waals surface area contributed by atoms with Crippen molar-refractivity contribution in [2.45, 2.75) is 6.18 Å². The smallest absolute Gasteiger partial charge is 0.380 e. The quantitative estimate of drug-likeness (QED) is 0.786. The van der Waals surface area contributed by atoms with E-state index in [4.69, 9.17) is 5.73 Å². The van der Waals surface area contributed by atoms with E-state index in [0.717, 1.165) is 12.1 Å². The number of rotatable bonds is 1. The Hall–Kier alpha value is -2.05. The summed E-state index contributed by atoms with van der Waals surface area (Å²) >= 11 is 0. The van der Waals surface area contributed by atoms with Crippen LogP contribution < -0.4 is 5.73 Å². The second-order valence-electron chi connectivity index (χ2n) is 3.28. The molecule has 2 aromatic rings. The lowest BCUT2D eigenvalue weighted by Crippen LogP contribution is -2.05. The van der Waals surface area contributed by atoms with Crippen LogP contribution in [0, 0.1) is 5.82 Å². The summed E-state index contributed by atoms with van der Waals surface area (Å²) in [6, 6.07) is 4.61. The van der Waals surface area contributed by atoms with Crippen molar-refractivity contribution < 1.29 is 22.1 Å². The fraction of sp³-hybridized carbons (Fsp3) is 0.100. The van der Waals surface area contributed by atoms with Gasteiger partial charge in [0.1, 0.15) is 5.82 Å². The Kier molecular flexibility index (Phi) is 2.53. The van der Waals surface area contributed by atoms with Gasteiger partial charge >= 0.3 is 6.18 Å². The van der Waals surface area contributed by atoms with Gasteiger partial charge in [0, 0.05) is 0 Å². The molecule has 1 aromatic heterocycles. The van der Waals surface area contributed by atoms with E-state index in [2.05, 4.69) is 9.68 Å². The molecular weight excluding hydrogens is 240 g/mol. The van der Waals surface area contributed by atoms with Gasteiger partial charge in [0.25, 0.3) is 0 Å². The molecule has 0 saturated heterocycles. The first-order chi connectivity index (χ1) is 7.89. The number of nitrogens with two attached hydrogens (primary N) is 1. The molecule has 3 nitrogen and oxygen atoms in total. The molecular formula is C10H6F4N2O. The molecule has 0 unspecified atom stereocenters.